The summed E-state index contributed by atoms with van der Waals surface area (Å²) >= 11 is 3.36. The number of ether oxygens (including phenoxy) is 1. The van der Waals surface area contributed by atoms with E-state index >= 15 is 0 Å². The fourth-order valence-electron chi connectivity index (χ4n) is 3.64. The molecule has 0 aliphatic carbocycles. The molecule has 3 aromatic rings. The fraction of sp³-hybridized carbons (Fsp3) is 0.0833. The van der Waals surface area contributed by atoms with E-state index in [4.69, 9.17) is 4.74 Å². The molecule has 6 heteroatoms. The summed E-state index contributed by atoms with van der Waals surface area (Å²) in [7, 11) is 1.53. The van der Waals surface area contributed by atoms with Gasteiger partial charge >= 0.3 is 0 Å². The zero-order chi connectivity index (χ0) is 21.3. The number of carbonyl (C=O) groups is 2. The van der Waals surface area contributed by atoms with Crippen molar-refractivity contribution in [3.05, 3.63) is 100 Å². The molecule has 1 aliphatic rings. The maximum absolute atomic E-state index is 13.1. The molecule has 3 aromatic carbocycles. The highest BCUT2D eigenvalue weighted by molar-refractivity contribution is 9.10. The number of hydrogen-bond donors (Lipinski definition) is 1. The van der Waals surface area contributed by atoms with E-state index in [9.17, 15) is 14.7 Å². The van der Waals surface area contributed by atoms with Crippen molar-refractivity contribution in [2.24, 2.45) is 0 Å². The minimum atomic E-state index is -0.827. The van der Waals surface area contributed by atoms with Crippen molar-refractivity contribution in [3.63, 3.8) is 0 Å². The second-order valence-electron chi connectivity index (χ2n) is 6.75. The summed E-state index contributed by atoms with van der Waals surface area (Å²) in [6.45, 7) is 0. The molecule has 0 bridgehead atoms. The lowest BCUT2D eigenvalue weighted by Gasteiger charge is -2.26. The van der Waals surface area contributed by atoms with Crippen molar-refractivity contribution in [1.29, 1.82) is 0 Å². The van der Waals surface area contributed by atoms with Crippen LogP contribution in [-0.2, 0) is 9.59 Å². The number of hydrogen-bond acceptors (Lipinski definition) is 4. The Kier molecular flexibility index (Phi) is 5.42. The number of rotatable bonds is 4. The Bertz CT molecular complexity index is 1140. The minimum Gasteiger partial charge on any atom is -0.507 e. The third-order valence-electron chi connectivity index (χ3n) is 5.03. The number of carbonyl (C=O) groups excluding carboxylic acids is 2. The number of Topliss-reactive ketones (excluding diaryl/α,β-unsaturated/α-hetero) is 1. The lowest BCUT2D eigenvalue weighted by Crippen LogP contribution is -2.29. The number of ketones is 1. The third kappa shape index (κ3) is 3.39. The molecule has 1 N–H and O–H groups in total. The van der Waals surface area contributed by atoms with Gasteiger partial charge in [0.05, 0.1) is 18.7 Å². The van der Waals surface area contributed by atoms with E-state index in [0.29, 0.717) is 22.6 Å². The first kappa shape index (κ1) is 19.9. The average molecular weight is 464 g/mol. The van der Waals surface area contributed by atoms with Gasteiger partial charge in [0.1, 0.15) is 11.5 Å². The van der Waals surface area contributed by atoms with Crippen LogP contribution in [0.1, 0.15) is 17.2 Å². The van der Waals surface area contributed by atoms with Gasteiger partial charge in [0.2, 0.25) is 0 Å². The standard InChI is InChI=1S/C24H18BrNO4/c1-30-19-10-6-5-9-18(19)21-20(22(27)15-11-13-16(25)14-12-15)23(28)24(29)26(21)17-7-3-2-4-8-17/h2-14,21,27H,1H3/t21-/m1/s1. The van der Waals surface area contributed by atoms with Crippen molar-refractivity contribution in [2.45, 2.75) is 6.04 Å². The highest BCUT2D eigenvalue weighted by Gasteiger charge is 2.47. The SMILES string of the molecule is COc1ccccc1[C@@H]1C(=C(O)c2ccc(Br)cc2)C(=O)C(=O)N1c1ccccc1. The Labute approximate surface area is 182 Å². The Morgan fingerprint density at radius 3 is 2.23 bits per heavy atom. The normalized spacial score (nSPS) is 17.9. The number of nitrogens with zero attached hydrogens (tertiary/aromatic N) is 1. The summed E-state index contributed by atoms with van der Waals surface area (Å²) in [6.07, 6.45) is 0. The van der Waals surface area contributed by atoms with Crippen LogP contribution in [0.5, 0.6) is 5.75 Å². The molecule has 1 saturated heterocycles. The zero-order valence-electron chi connectivity index (χ0n) is 16.1. The zero-order valence-corrected chi connectivity index (χ0v) is 17.7. The molecule has 0 spiro atoms. The van der Waals surface area contributed by atoms with Gasteiger partial charge in [-0.25, -0.2) is 0 Å². The summed E-state index contributed by atoms with van der Waals surface area (Å²) < 4.78 is 6.34. The van der Waals surface area contributed by atoms with E-state index in [1.807, 2.05) is 18.2 Å². The smallest absolute Gasteiger partial charge is 0.300 e. The van der Waals surface area contributed by atoms with Crippen LogP contribution < -0.4 is 9.64 Å². The molecule has 0 unspecified atom stereocenters. The molecule has 1 aliphatic heterocycles. The maximum atomic E-state index is 13.1. The van der Waals surface area contributed by atoms with Crippen LogP contribution in [-0.4, -0.2) is 23.9 Å². The molecule has 0 radical (unpaired) electrons. The minimum absolute atomic E-state index is 0.0238. The Hall–Kier alpha value is -3.38. The number of para-hydroxylation sites is 2. The van der Waals surface area contributed by atoms with Crippen molar-refractivity contribution in [2.75, 3.05) is 12.0 Å². The van der Waals surface area contributed by atoms with Crippen molar-refractivity contribution in [1.82, 2.24) is 0 Å². The molecule has 4 rings (SSSR count). The molecule has 1 fully saturated rings. The van der Waals surface area contributed by atoms with Crippen LogP contribution >= 0.6 is 15.9 Å². The lowest BCUT2D eigenvalue weighted by atomic mass is 9.94. The van der Waals surface area contributed by atoms with Crippen LogP contribution in [0.15, 0.2) is 88.9 Å². The number of benzene rings is 3. The van der Waals surface area contributed by atoms with E-state index in [2.05, 4.69) is 15.9 Å². The van der Waals surface area contributed by atoms with Gasteiger partial charge in [-0.2, -0.15) is 0 Å². The summed E-state index contributed by atoms with van der Waals surface area (Å²) in [4.78, 5) is 27.6. The van der Waals surface area contributed by atoms with Gasteiger partial charge in [0, 0.05) is 21.3 Å². The van der Waals surface area contributed by atoms with Crippen LogP contribution in [0, 0.1) is 0 Å². The number of halogens is 1. The monoisotopic (exact) mass is 463 g/mol. The number of aliphatic hydroxyl groups is 1. The average Bonchev–Trinajstić information content (AvgIpc) is 3.04. The molecule has 1 atom stereocenters. The topological polar surface area (TPSA) is 66.8 Å². The molecule has 30 heavy (non-hydrogen) atoms. The molecular weight excluding hydrogens is 446 g/mol. The number of methoxy groups -OCH3 is 1. The Morgan fingerprint density at radius 1 is 0.933 bits per heavy atom. The predicted molar refractivity (Wildman–Crippen MR) is 118 cm³/mol. The fourth-order valence-corrected chi connectivity index (χ4v) is 3.90. The van der Waals surface area contributed by atoms with Gasteiger partial charge < -0.3 is 9.84 Å². The summed E-state index contributed by atoms with van der Waals surface area (Å²) in [5.74, 6) is -1.15. The quantitative estimate of drug-likeness (QED) is 0.332. The van der Waals surface area contributed by atoms with Crippen LogP contribution in [0.2, 0.25) is 0 Å². The second kappa shape index (κ2) is 8.16. The summed E-state index contributed by atoms with van der Waals surface area (Å²) in [5, 5.41) is 11.1. The highest BCUT2D eigenvalue weighted by atomic mass is 79.9. The van der Waals surface area contributed by atoms with Gasteiger partial charge in [-0.15, -0.1) is 0 Å². The molecule has 1 heterocycles. The molecule has 5 nitrogen and oxygen atoms in total. The number of aliphatic hydroxyl groups excluding tert-OH is 1. The Balaban J connectivity index is 1.98. The number of amides is 1. The molecule has 0 saturated carbocycles. The van der Waals surface area contributed by atoms with E-state index in [1.165, 1.54) is 12.0 Å². The van der Waals surface area contributed by atoms with Crippen molar-refractivity contribution in [3.8, 4) is 5.75 Å². The van der Waals surface area contributed by atoms with Crippen LogP contribution in [0.25, 0.3) is 5.76 Å². The highest BCUT2D eigenvalue weighted by Crippen LogP contribution is 2.44. The second-order valence-corrected chi connectivity index (χ2v) is 7.67. The molecule has 150 valence electrons. The number of anilines is 1. The molecular formula is C24H18BrNO4. The summed E-state index contributed by atoms with van der Waals surface area (Å²) in [6, 6.07) is 22.2. The van der Waals surface area contributed by atoms with Crippen molar-refractivity contribution < 1.29 is 19.4 Å². The largest absolute Gasteiger partial charge is 0.507 e. The van der Waals surface area contributed by atoms with E-state index in [-0.39, 0.29) is 11.3 Å². The van der Waals surface area contributed by atoms with Gasteiger partial charge in [-0.05, 0) is 30.3 Å². The molecule has 1 amide bonds. The van der Waals surface area contributed by atoms with Gasteiger partial charge in [0.15, 0.2) is 0 Å². The van der Waals surface area contributed by atoms with Gasteiger partial charge in [-0.1, -0.05) is 64.5 Å². The van der Waals surface area contributed by atoms with Crippen LogP contribution in [0.4, 0.5) is 5.69 Å². The van der Waals surface area contributed by atoms with Crippen molar-refractivity contribution >= 4 is 39.1 Å². The van der Waals surface area contributed by atoms with E-state index in [1.54, 1.807) is 60.7 Å². The predicted octanol–water partition coefficient (Wildman–Crippen LogP) is 5.08. The first-order valence-electron chi connectivity index (χ1n) is 9.28. The molecule has 0 aromatic heterocycles. The summed E-state index contributed by atoms with van der Waals surface area (Å²) in [5.41, 5.74) is 1.65. The van der Waals surface area contributed by atoms with E-state index < -0.39 is 17.7 Å². The Morgan fingerprint density at radius 2 is 1.57 bits per heavy atom. The maximum Gasteiger partial charge on any atom is 0.300 e. The lowest BCUT2D eigenvalue weighted by molar-refractivity contribution is -0.132. The van der Waals surface area contributed by atoms with Crippen LogP contribution in [0.3, 0.4) is 0 Å². The van der Waals surface area contributed by atoms with E-state index in [0.717, 1.165) is 4.47 Å². The van der Waals surface area contributed by atoms with Gasteiger partial charge in [-0.3, -0.25) is 14.5 Å². The first-order chi connectivity index (χ1) is 14.5. The first-order valence-corrected chi connectivity index (χ1v) is 10.1. The van der Waals surface area contributed by atoms with Gasteiger partial charge in [0.25, 0.3) is 11.7 Å². The third-order valence-corrected chi connectivity index (χ3v) is 5.56.